The lowest BCUT2D eigenvalue weighted by Gasteiger charge is -2.12. The maximum absolute atomic E-state index is 12.3. The lowest BCUT2D eigenvalue weighted by Crippen LogP contribution is -2.29. The van der Waals surface area contributed by atoms with Gasteiger partial charge in [0.05, 0.1) is 17.0 Å². The number of thiophene rings is 1. The number of nitrogens with zero attached hydrogens (tertiary/aromatic N) is 1. The van der Waals surface area contributed by atoms with Gasteiger partial charge in [-0.1, -0.05) is 26.0 Å². The van der Waals surface area contributed by atoms with Crippen molar-refractivity contribution in [3.05, 3.63) is 57.3 Å². The molecule has 2 aromatic rings. The Labute approximate surface area is 184 Å². The molecule has 2 N–H and O–H groups in total. The summed E-state index contributed by atoms with van der Waals surface area (Å²) in [6.07, 6.45) is 0. The fourth-order valence-corrected chi connectivity index (χ4v) is 4.68. The first kappa shape index (κ1) is 22.9. The smallest absolute Gasteiger partial charge is 0.338 e. The first-order valence-corrected chi connectivity index (χ1v) is 11.8. The SMILES string of the molecule is CC(C)CNC(=O)c1ccc(COC(=O)c2ccc(CN3CC(=O)NS3(=O)=O)cc2)s1. The van der Waals surface area contributed by atoms with Crippen LogP contribution in [0.4, 0.5) is 0 Å². The third-order valence-corrected chi connectivity index (χ3v) is 6.83. The molecular formula is C20H23N3O6S2. The van der Waals surface area contributed by atoms with Crippen molar-refractivity contribution in [1.82, 2.24) is 14.3 Å². The van der Waals surface area contributed by atoms with E-state index in [0.717, 1.165) is 9.18 Å². The Bertz CT molecular complexity index is 1080. The fraction of sp³-hybridized carbons (Fsp3) is 0.350. The molecule has 2 heterocycles. The highest BCUT2D eigenvalue weighted by Crippen LogP contribution is 2.19. The number of nitrogens with one attached hydrogen (secondary N) is 2. The van der Waals surface area contributed by atoms with Crippen LogP contribution in [0.25, 0.3) is 0 Å². The third kappa shape index (κ3) is 6.12. The molecule has 0 atom stereocenters. The fourth-order valence-electron chi connectivity index (χ4n) is 2.76. The Kier molecular flexibility index (Phi) is 7.08. The molecule has 0 unspecified atom stereocenters. The maximum Gasteiger partial charge on any atom is 0.338 e. The molecule has 1 aromatic carbocycles. The number of hydrogen-bond acceptors (Lipinski definition) is 7. The molecular weight excluding hydrogens is 442 g/mol. The second-order valence-corrected chi connectivity index (χ2v) is 10.3. The molecule has 0 radical (unpaired) electrons. The number of rotatable bonds is 8. The number of ether oxygens (including phenoxy) is 1. The van der Waals surface area contributed by atoms with Crippen LogP contribution >= 0.6 is 11.3 Å². The van der Waals surface area contributed by atoms with Gasteiger partial charge < -0.3 is 10.1 Å². The van der Waals surface area contributed by atoms with Crippen molar-refractivity contribution in [3.63, 3.8) is 0 Å². The lowest BCUT2D eigenvalue weighted by atomic mass is 10.1. The van der Waals surface area contributed by atoms with Gasteiger partial charge in [0.2, 0.25) is 5.91 Å². The molecule has 1 fully saturated rings. The molecule has 1 aliphatic heterocycles. The van der Waals surface area contributed by atoms with Gasteiger partial charge >= 0.3 is 16.2 Å². The van der Waals surface area contributed by atoms with Crippen molar-refractivity contribution >= 4 is 39.3 Å². The van der Waals surface area contributed by atoms with Gasteiger partial charge in [-0.15, -0.1) is 11.3 Å². The van der Waals surface area contributed by atoms with Crippen LogP contribution in [-0.2, 0) is 32.9 Å². The van der Waals surface area contributed by atoms with Gasteiger partial charge in [0.15, 0.2) is 0 Å². The average molecular weight is 466 g/mol. The second-order valence-electron chi connectivity index (χ2n) is 7.44. The molecule has 166 valence electrons. The van der Waals surface area contributed by atoms with Crippen LogP contribution in [0.3, 0.4) is 0 Å². The minimum atomic E-state index is -3.80. The summed E-state index contributed by atoms with van der Waals surface area (Å²) in [6.45, 7) is 4.45. The zero-order valence-corrected chi connectivity index (χ0v) is 18.7. The van der Waals surface area contributed by atoms with Crippen molar-refractivity contribution in [2.75, 3.05) is 13.1 Å². The minimum Gasteiger partial charge on any atom is -0.456 e. The molecule has 0 aliphatic carbocycles. The van der Waals surface area contributed by atoms with Crippen LogP contribution in [0.15, 0.2) is 36.4 Å². The molecule has 11 heteroatoms. The topological polar surface area (TPSA) is 122 Å². The number of hydrogen-bond donors (Lipinski definition) is 2. The Morgan fingerprint density at radius 1 is 1.19 bits per heavy atom. The van der Waals surface area contributed by atoms with E-state index in [2.05, 4.69) is 5.32 Å². The summed E-state index contributed by atoms with van der Waals surface area (Å²) in [4.78, 5) is 36.9. The Morgan fingerprint density at radius 3 is 2.52 bits per heavy atom. The van der Waals surface area contributed by atoms with Crippen molar-refractivity contribution in [2.24, 2.45) is 5.92 Å². The Balaban J connectivity index is 1.52. The molecule has 0 bridgehead atoms. The van der Waals surface area contributed by atoms with Gasteiger partial charge in [-0.05, 0) is 35.7 Å². The molecule has 9 nitrogen and oxygen atoms in total. The summed E-state index contributed by atoms with van der Waals surface area (Å²) < 4.78 is 31.8. The largest absolute Gasteiger partial charge is 0.456 e. The van der Waals surface area contributed by atoms with E-state index >= 15 is 0 Å². The Hall–Kier alpha value is -2.76. The normalized spacial score (nSPS) is 15.6. The number of carbonyl (C=O) groups is 3. The van der Waals surface area contributed by atoms with E-state index in [9.17, 15) is 22.8 Å². The van der Waals surface area contributed by atoms with Crippen LogP contribution < -0.4 is 10.0 Å². The van der Waals surface area contributed by atoms with Gasteiger partial charge in [0, 0.05) is 18.0 Å². The summed E-state index contributed by atoms with van der Waals surface area (Å²) in [6, 6.07) is 9.74. The molecule has 0 spiro atoms. The van der Waals surface area contributed by atoms with Crippen LogP contribution in [0, 0.1) is 5.92 Å². The van der Waals surface area contributed by atoms with E-state index in [-0.39, 0.29) is 25.6 Å². The first-order valence-electron chi connectivity index (χ1n) is 9.58. The van der Waals surface area contributed by atoms with Crippen LogP contribution in [0.5, 0.6) is 0 Å². The van der Waals surface area contributed by atoms with E-state index in [1.807, 2.05) is 18.6 Å². The molecule has 1 saturated heterocycles. The highest BCUT2D eigenvalue weighted by molar-refractivity contribution is 7.88. The highest BCUT2D eigenvalue weighted by Gasteiger charge is 2.33. The van der Waals surface area contributed by atoms with Crippen molar-refractivity contribution in [2.45, 2.75) is 27.0 Å². The third-order valence-electron chi connectivity index (χ3n) is 4.35. The minimum absolute atomic E-state index is 0.0211. The Morgan fingerprint density at radius 2 is 1.90 bits per heavy atom. The summed E-state index contributed by atoms with van der Waals surface area (Å²) in [5.41, 5.74) is 0.945. The van der Waals surface area contributed by atoms with E-state index < -0.39 is 22.1 Å². The van der Waals surface area contributed by atoms with Gasteiger partial charge in [-0.25, -0.2) is 9.52 Å². The number of carbonyl (C=O) groups excluding carboxylic acids is 3. The predicted octanol–water partition coefficient (Wildman–Crippen LogP) is 1.67. The molecule has 2 amide bonds. The lowest BCUT2D eigenvalue weighted by molar-refractivity contribution is -0.118. The quantitative estimate of drug-likeness (QED) is 0.572. The monoisotopic (exact) mass is 465 g/mol. The number of benzene rings is 1. The summed E-state index contributed by atoms with van der Waals surface area (Å²) >= 11 is 1.26. The molecule has 3 rings (SSSR count). The predicted molar refractivity (Wildman–Crippen MR) is 115 cm³/mol. The number of amides is 2. The van der Waals surface area contributed by atoms with E-state index in [0.29, 0.717) is 28.5 Å². The summed E-state index contributed by atoms with van der Waals surface area (Å²) in [5, 5.41) is 2.84. The highest BCUT2D eigenvalue weighted by atomic mass is 32.2. The van der Waals surface area contributed by atoms with Crippen LogP contribution in [-0.4, -0.2) is 43.6 Å². The van der Waals surface area contributed by atoms with Gasteiger partial charge in [0.1, 0.15) is 6.61 Å². The first-order chi connectivity index (χ1) is 14.6. The van der Waals surface area contributed by atoms with Crippen molar-refractivity contribution < 1.29 is 27.5 Å². The number of esters is 1. The van der Waals surface area contributed by atoms with Crippen LogP contribution in [0.2, 0.25) is 0 Å². The van der Waals surface area contributed by atoms with Gasteiger partial charge in [-0.2, -0.15) is 12.7 Å². The van der Waals surface area contributed by atoms with Gasteiger partial charge in [-0.3, -0.25) is 9.59 Å². The van der Waals surface area contributed by atoms with E-state index in [1.165, 1.54) is 23.5 Å². The maximum atomic E-state index is 12.3. The van der Waals surface area contributed by atoms with Crippen molar-refractivity contribution in [3.8, 4) is 0 Å². The van der Waals surface area contributed by atoms with Crippen molar-refractivity contribution in [1.29, 1.82) is 0 Å². The average Bonchev–Trinajstić information content (AvgIpc) is 3.28. The second kappa shape index (κ2) is 9.58. The zero-order valence-electron chi connectivity index (χ0n) is 17.1. The molecule has 1 aromatic heterocycles. The van der Waals surface area contributed by atoms with Gasteiger partial charge in [0.25, 0.3) is 5.91 Å². The summed E-state index contributed by atoms with van der Waals surface area (Å²) in [7, 11) is -3.80. The molecule has 0 saturated carbocycles. The molecule has 1 aliphatic rings. The summed E-state index contributed by atoms with van der Waals surface area (Å²) in [5.74, 6) is -0.899. The zero-order chi connectivity index (χ0) is 22.6. The van der Waals surface area contributed by atoms with E-state index in [4.69, 9.17) is 4.74 Å². The molecule has 31 heavy (non-hydrogen) atoms. The van der Waals surface area contributed by atoms with E-state index in [1.54, 1.807) is 24.3 Å². The van der Waals surface area contributed by atoms with Crippen LogP contribution in [0.1, 0.15) is 44.3 Å². The standard InChI is InChI=1S/C20H23N3O6S2/c1-13(2)9-21-19(25)17-8-7-16(30-17)12-29-20(26)15-5-3-14(4-6-15)10-23-11-18(24)22-31(23,27)28/h3-8,13H,9-12H2,1-2H3,(H,21,25)(H,22,24).